The van der Waals surface area contributed by atoms with Gasteiger partial charge in [0.25, 0.3) is 5.91 Å². The third-order valence-electron chi connectivity index (χ3n) is 11.7. The van der Waals surface area contributed by atoms with Crippen molar-refractivity contribution in [2.45, 2.75) is 119 Å². The molecule has 2 aromatic rings. The lowest BCUT2D eigenvalue weighted by molar-refractivity contribution is -0.147. The zero-order chi connectivity index (χ0) is 38.5. The third kappa shape index (κ3) is 8.60. The van der Waals surface area contributed by atoms with Gasteiger partial charge in [-0.15, -0.1) is 5.10 Å². The molecule has 4 aliphatic rings. The molecule has 4 fully saturated rings. The van der Waals surface area contributed by atoms with Gasteiger partial charge in [0.15, 0.2) is 0 Å². The highest BCUT2D eigenvalue weighted by Crippen LogP contribution is 2.35. The molecule has 1 aliphatic carbocycles. The first-order valence-electron chi connectivity index (χ1n) is 19.2. The number of aromatic nitrogens is 3. The number of rotatable bonds is 12. The summed E-state index contributed by atoms with van der Waals surface area (Å²) in [5.41, 5.74) is 3.17. The summed E-state index contributed by atoms with van der Waals surface area (Å²) in [5.74, 6) is -3.01. The first kappa shape index (κ1) is 39.3. The molecule has 1 aromatic heterocycles. The topological polar surface area (TPSA) is 220 Å². The summed E-state index contributed by atoms with van der Waals surface area (Å²) >= 11 is 0. The molecule has 0 bridgehead atoms. The fourth-order valence-electron chi connectivity index (χ4n) is 8.67. The van der Waals surface area contributed by atoms with Gasteiger partial charge in [0.2, 0.25) is 17.6 Å². The van der Waals surface area contributed by atoms with E-state index in [-0.39, 0.29) is 44.9 Å². The Morgan fingerprint density at radius 3 is 2.24 bits per heavy atom. The molecule has 0 radical (unpaired) electrons. The highest BCUT2D eigenvalue weighted by atomic mass is 16.5. The molecule has 16 nitrogen and oxygen atoms in total. The third-order valence-corrected chi connectivity index (χ3v) is 11.7. The molecule has 6 rings (SSSR count). The van der Waals surface area contributed by atoms with Gasteiger partial charge < -0.3 is 41.2 Å². The lowest BCUT2D eigenvalue weighted by Gasteiger charge is -2.39. The molecule has 3 atom stereocenters. The highest BCUT2D eigenvalue weighted by molar-refractivity contribution is 6.39. The van der Waals surface area contributed by atoms with Crippen LogP contribution >= 0.6 is 0 Å². The maximum absolute atomic E-state index is 15.0. The molecule has 3 aliphatic heterocycles. The van der Waals surface area contributed by atoms with E-state index in [1.165, 1.54) is 15.8 Å². The normalized spacial score (nSPS) is 23.6. The number of primary amides is 1. The number of benzene rings is 1. The molecule has 294 valence electrons. The molecule has 4 heterocycles. The molecular formula is C38H54N8O8. The summed E-state index contributed by atoms with van der Waals surface area (Å²) < 4.78 is 12.6. The molecule has 0 spiro atoms. The summed E-state index contributed by atoms with van der Waals surface area (Å²) in [7, 11) is 0. The van der Waals surface area contributed by atoms with Crippen molar-refractivity contribution in [2.24, 2.45) is 11.7 Å². The Hall–Kier alpha value is -4.41. The number of likely N-dealkylation sites (tertiary alicyclic amines) is 1. The van der Waals surface area contributed by atoms with Gasteiger partial charge in [0, 0.05) is 52.2 Å². The number of Topliss-reactive ketones (excluding diaryl/α,β-unsaturated/α-hetero) is 1. The number of ether oxygens (including phenoxy) is 2. The zero-order valence-electron chi connectivity index (χ0n) is 31.3. The van der Waals surface area contributed by atoms with E-state index in [9.17, 15) is 29.1 Å². The van der Waals surface area contributed by atoms with Gasteiger partial charge in [0.05, 0.1) is 23.5 Å². The van der Waals surface area contributed by atoms with Crippen LogP contribution in [0.25, 0.3) is 0 Å². The Morgan fingerprint density at radius 1 is 0.963 bits per heavy atom. The number of nitrogens with one attached hydrogen (secondary N) is 3. The van der Waals surface area contributed by atoms with E-state index in [0.29, 0.717) is 38.2 Å². The minimum atomic E-state index is -1.59. The average Bonchev–Trinajstić information content (AvgIpc) is 3.84. The van der Waals surface area contributed by atoms with Crippen LogP contribution in [0, 0.1) is 5.92 Å². The number of carbonyl (C=O) groups excluding carboxylic acids is 5. The molecule has 5 amide bonds. The number of hydrogen-bond acceptors (Lipinski definition) is 10. The molecular weight excluding hydrogens is 696 g/mol. The van der Waals surface area contributed by atoms with E-state index in [1.54, 1.807) is 13.8 Å². The van der Waals surface area contributed by atoms with Crippen molar-refractivity contribution in [3.05, 3.63) is 47.8 Å². The standard InChI is InChI=1S/C38H54N8O8/c1-36(2,52)30-23-40-44-46(30)27-22-29(33(49)42-38(31(47)32(39)48)15-19-54-20-16-38)45(24-27)34(50)28(21-25-9-5-3-6-10-25)41-35(51)43-37(13-17-53-18-14-37)26-11-7-4-8-12-26/h4,7-8,11-12,23,25,27-29,52H,3,5-6,9-10,13-22,24H2,1-2H3,(H2,39,48)(H,42,49)(H2,41,43,51)/t27?,28-,29?/m1/s1. The number of ketones is 1. The summed E-state index contributed by atoms with van der Waals surface area (Å²) in [5, 5.41) is 28.2. The van der Waals surface area contributed by atoms with Crippen LogP contribution in [0.2, 0.25) is 0 Å². The number of carbonyl (C=O) groups is 5. The van der Waals surface area contributed by atoms with Crippen LogP contribution in [0.4, 0.5) is 4.79 Å². The smallest absolute Gasteiger partial charge is 0.316 e. The predicted molar refractivity (Wildman–Crippen MR) is 194 cm³/mol. The molecule has 1 saturated carbocycles. The summed E-state index contributed by atoms with van der Waals surface area (Å²) in [4.78, 5) is 70.2. The second-order valence-corrected chi connectivity index (χ2v) is 15.8. The van der Waals surface area contributed by atoms with E-state index < -0.39 is 64.3 Å². The van der Waals surface area contributed by atoms with Gasteiger partial charge in [-0.3, -0.25) is 19.2 Å². The van der Waals surface area contributed by atoms with Crippen molar-refractivity contribution in [3.63, 3.8) is 0 Å². The number of hydrogen-bond donors (Lipinski definition) is 5. The second-order valence-electron chi connectivity index (χ2n) is 15.8. The molecule has 1 aromatic carbocycles. The number of aliphatic hydroxyl groups is 1. The van der Waals surface area contributed by atoms with Crippen LogP contribution in [0.1, 0.15) is 102 Å². The molecule has 16 heteroatoms. The Balaban J connectivity index is 1.31. The van der Waals surface area contributed by atoms with Crippen LogP contribution in [0.15, 0.2) is 36.5 Å². The molecule has 2 unspecified atom stereocenters. The van der Waals surface area contributed by atoms with Crippen molar-refractivity contribution in [2.75, 3.05) is 33.0 Å². The highest BCUT2D eigenvalue weighted by Gasteiger charge is 2.50. The fraction of sp³-hybridized carbons (Fsp3) is 0.658. The zero-order valence-corrected chi connectivity index (χ0v) is 31.3. The van der Waals surface area contributed by atoms with Crippen LogP contribution < -0.4 is 21.7 Å². The maximum Gasteiger partial charge on any atom is 0.316 e. The van der Waals surface area contributed by atoms with Crippen LogP contribution in [-0.2, 0) is 39.8 Å². The predicted octanol–water partition coefficient (Wildman–Crippen LogP) is 1.71. The van der Waals surface area contributed by atoms with Gasteiger partial charge in [-0.1, -0.05) is 67.6 Å². The number of urea groups is 1. The molecule has 3 saturated heterocycles. The average molecular weight is 751 g/mol. The lowest BCUT2D eigenvalue weighted by Crippen LogP contribution is -2.64. The summed E-state index contributed by atoms with van der Waals surface area (Å²) in [6, 6.07) is 6.54. The Labute approximate surface area is 315 Å². The van der Waals surface area contributed by atoms with E-state index in [2.05, 4.69) is 26.3 Å². The van der Waals surface area contributed by atoms with Crippen LogP contribution in [0.3, 0.4) is 0 Å². The largest absolute Gasteiger partial charge is 0.384 e. The second kappa shape index (κ2) is 16.5. The van der Waals surface area contributed by atoms with Crippen LogP contribution in [-0.4, -0.2) is 105 Å². The molecule has 6 N–H and O–H groups in total. The van der Waals surface area contributed by atoms with E-state index in [0.717, 1.165) is 37.7 Å². The van der Waals surface area contributed by atoms with Gasteiger partial charge in [-0.05, 0) is 44.6 Å². The van der Waals surface area contributed by atoms with E-state index in [1.807, 2.05) is 30.3 Å². The van der Waals surface area contributed by atoms with Crippen LogP contribution in [0.5, 0.6) is 0 Å². The van der Waals surface area contributed by atoms with Crippen molar-refractivity contribution >= 4 is 29.5 Å². The minimum absolute atomic E-state index is 0.0129. The molecule has 54 heavy (non-hydrogen) atoms. The van der Waals surface area contributed by atoms with E-state index in [4.69, 9.17) is 15.2 Å². The first-order chi connectivity index (χ1) is 25.8. The van der Waals surface area contributed by atoms with Crippen molar-refractivity contribution in [1.29, 1.82) is 0 Å². The Kier molecular flexibility index (Phi) is 12.0. The Bertz CT molecular complexity index is 1660. The number of nitrogens with two attached hydrogens (primary N) is 1. The maximum atomic E-state index is 15.0. The van der Waals surface area contributed by atoms with Gasteiger partial charge in [0.1, 0.15) is 23.2 Å². The van der Waals surface area contributed by atoms with Gasteiger partial charge >= 0.3 is 6.03 Å². The monoisotopic (exact) mass is 750 g/mol. The quantitative estimate of drug-likeness (QED) is 0.198. The van der Waals surface area contributed by atoms with Gasteiger partial charge in [-0.2, -0.15) is 0 Å². The van der Waals surface area contributed by atoms with Crippen molar-refractivity contribution in [1.82, 2.24) is 35.8 Å². The summed E-state index contributed by atoms with van der Waals surface area (Å²) in [6.45, 7) is 4.39. The van der Waals surface area contributed by atoms with Crippen molar-refractivity contribution < 1.29 is 38.6 Å². The summed E-state index contributed by atoms with van der Waals surface area (Å²) in [6.07, 6.45) is 8.07. The SMILES string of the molecule is CC(C)(O)c1cnnn1C1CC(C(=O)NC2(C(=O)C(N)=O)CCOCC2)N(C(=O)[C@@H](CC2CCCCC2)NC(=O)NC2(c3ccccc3)CCOCC2)C1. The first-order valence-corrected chi connectivity index (χ1v) is 19.2. The van der Waals surface area contributed by atoms with E-state index >= 15 is 0 Å². The number of nitrogens with zero attached hydrogens (tertiary/aromatic N) is 4. The minimum Gasteiger partial charge on any atom is -0.384 e. The van der Waals surface area contributed by atoms with Gasteiger partial charge in [-0.25, -0.2) is 9.48 Å². The lowest BCUT2D eigenvalue weighted by atomic mass is 9.82. The Morgan fingerprint density at radius 2 is 1.61 bits per heavy atom. The fourth-order valence-corrected chi connectivity index (χ4v) is 8.67. The number of amides is 5. The van der Waals surface area contributed by atoms with Crippen molar-refractivity contribution in [3.8, 4) is 0 Å².